The third-order valence-corrected chi connectivity index (χ3v) is 5.32. The summed E-state index contributed by atoms with van der Waals surface area (Å²) in [6.07, 6.45) is 0. The second-order valence-corrected chi connectivity index (χ2v) is 8.22. The van der Waals surface area contributed by atoms with Gasteiger partial charge >= 0.3 is 0 Å². The number of aromatic hydroxyl groups is 1. The molecule has 0 fully saturated rings. The summed E-state index contributed by atoms with van der Waals surface area (Å²) in [7, 11) is -4.82. The third-order valence-electron chi connectivity index (χ3n) is 3.89. The number of carbonyl (C=O) groups excluding carboxylic acids is 1. The Kier molecular flexibility index (Phi) is 6.84. The zero-order chi connectivity index (χ0) is 22.6. The molecular formula is C18H15N3O8S2. The van der Waals surface area contributed by atoms with Gasteiger partial charge in [0.05, 0.1) is 23.4 Å². The Morgan fingerprint density at radius 1 is 1.13 bits per heavy atom. The molecule has 0 aliphatic heterocycles. The van der Waals surface area contributed by atoms with Crippen LogP contribution in [0.25, 0.3) is 10.8 Å². The molecule has 162 valence electrons. The zero-order valence-corrected chi connectivity index (χ0v) is 17.3. The molecular weight excluding hydrogens is 450 g/mol. The van der Waals surface area contributed by atoms with E-state index in [1.807, 2.05) is 0 Å². The van der Waals surface area contributed by atoms with Crippen molar-refractivity contribution in [1.29, 1.82) is 0 Å². The number of nitrogens with zero attached hydrogens (tertiary/aromatic N) is 2. The lowest BCUT2D eigenvalue weighted by Gasteiger charge is -2.14. The van der Waals surface area contributed by atoms with E-state index in [1.54, 1.807) is 30.3 Å². The number of carbonyl (C=O) groups is 1. The number of hydrogen-bond acceptors (Lipinski definition) is 10. The van der Waals surface area contributed by atoms with Gasteiger partial charge in [0.1, 0.15) is 10.6 Å². The topological polar surface area (TPSA) is 167 Å². The number of hydrogen-bond donors (Lipinski definition) is 4. The van der Waals surface area contributed by atoms with Crippen LogP contribution in [0.1, 0.15) is 6.92 Å². The minimum Gasteiger partial charge on any atom is -0.505 e. The lowest BCUT2D eigenvalue weighted by atomic mass is 10.1. The summed E-state index contributed by atoms with van der Waals surface area (Å²) in [5.41, 5.74) is -0.0522. The van der Waals surface area contributed by atoms with Crippen LogP contribution < -0.4 is 5.32 Å². The fraction of sp³-hybridized carbons (Fsp3) is 0.0556. The lowest BCUT2D eigenvalue weighted by molar-refractivity contribution is -0.432. The molecule has 3 rings (SSSR count). The molecule has 0 aliphatic rings. The van der Waals surface area contributed by atoms with Crippen molar-refractivity contribution in [2.75, 3.05) is 5.32 Å². The molecule has 1 amide bonds. The average molecular weight is 465 g/mol. The molecule has 0 unspecified atom stereocenters. The normalized spacial score (nSPS) is 11.8. The minimum absolute atomic E-state index is 0.0406. The van der Waals surface area contributed by atoms with E-state index >= 15 is 0 Å². The van der Waals surface area contributed by atoms with E-state index in [1.165, 1.54) is 19.1 Å². The van der Waals surface area contributed by atoms with Crippen LogP contribution in [-0.4, -0.2) is 29.2 Å². The Bertz CT molecular complexity index is 1260. The summed E-state index contributed by atoms with van der Waals surface area (Å²) in [6.45, 7) is 1.23. The number of azo groups is 1. The fourth-order valence-electron chi connectivity index (χ4n) is 2.75. The van der Waals surface area contributed by atoms with Gasteiger partial charge < -0.3 is 10.4 Å². The molecule has 0 spiro atoms. The van der Waals surface area contributed by atoms with Gasteiger partial charge in [-0.3, -0.25) is 9.35 Å². The quantitative estimate of drug-likeness (QED) is 0.128. The summed E-state index contributed by atoms with van der Waals surface area (Å²) < 4.78 is 38.0. The summed E-state index contributed by atoms with van der Waals surface area (Å²) >= 11 is 0.548. The van der Waals surface area contributed by atoms with E-state index in [2.05, 4.69) is 24.9 Å². The number of nitrogens with one attached hydrogen (secondary N) is 1. The van der Waals surface area contributed by atoms with Gasteiger partial charge in [-0.2, -0.15) is 13.5 Å². The van der Waals surface area contributed by atoms with Gasteiger partial charge in [-0.25, -0.2) is 5.26 Å². The second-order valence-electron chi connectivity index (χ2n) is 6.06. The highest BCUT2D eigenvalue weighted by molar-refractivity contribution is 7.94. The summed E-state index contributed by atoms with van der Waals surface area (Å²) in [4.78, 5) is 11.2. The highest BCUT2D eigenvalue weighted by atomic mass is 32.2. The van der Waals surface area contributed by atoms with Crippen LogP contribution in [0.3, 0.4) is 0 Å². The van der Waals surface area contributed by atoms with Gasteiger partial charge in [0.25, 0.3) is 10.1 Å². The number of phenols is 1. The summed E-state index contributed by atoms with van der Waals surface area (Å²) in [5.74, 6) is -1.11. The highest BCUT2D eigenvalue weighted by Crippen LogP contribution is 2.45. The molecule has 13 heteroatoms. The van der Waals surface area contributed by atoms with Gasteiger partial charge in [-0.05, 0) is 35.7 Å². The Labute approximate surface area is 180 Å². The molecule has 0 radical (unpaired) electrons. The van der Waals surface area contributed by atoms with Gasteiger partial charge in [0.2, 0.25) is 5.91 Å². The number of anilines is 1. The van der Waals surface area contributed by atoms with Crippen molar-refractivity contribution in [2.24, 2.45) is 10.2 Å². The first-order chi connectivity index (χ1) is 14.7. The molecule has 0 heterocycles. The molecule has 3 aromatic rings. The first kappa shape index (κ1) is 22.6. The van der Waals surface area contributed by atoms with Crippen LogP contribution in [0, 0.1) is 0 Å². The maximum absolute atomic E-state index is 12.0. The molecule has 0 aromatic heterocycles. The maximum atomic E-state index is 12.0. The predicted molar refractivity (Wildman–Crippen MR) is 111 cm³/mol. The minimum atomic E-state index is -4.82. The molecule has 11 nitrogen and oxygen atoms in total. The van der Waals surface area contributed by atoms with E-state index in [0.29, 0.717) is 17.7 Å². The smallest absolute Gasteiger partial charge is 0.296 e. The monoisotopic (exact) mass is 465 g/mol. The molecule has 0 bridgehead atoms. The van der Waals surface area contributed by atoms with Crippen molar-refractivity contribution >= 4 is 55.9 Å². The van der Waals surface area contributed by atoms with E-state index < -0.39 is 32.4 Å². The zero-order valence-electron chi connectivity index (χ0n) is 15.7. The fourth-order valence-corrected chi connectivity index (χ4v) is 3.85. The van der Waals surface area contributed by atoms with Crippen molar-refractivity contribution < 1.29 is 37.5 Å². The molecule has 3 aromatic carbocycles. The molecule has 4 N–H and O–H groups in total. The summed E-state index contributed by atoms with van der Waals surface area (Å²) in [5, 5.41) is 33.1. The highest BCUT2D eigenvalue weighted by Gasteiger charge is 2.24. The first-order valence-corrected chi connectivity index (χ1v) is 10.6. The van der Waals surface area contributed by atoms with Gasteiger partial charge in [-0.1, -0.05) is 23.2 Å². The number of fused-ring (bicyclic) bond motifs is 1. The Hall–Kier alpha value is -3.07. The van der Waals surface area contributed by atoms with E-state index in [4.69, 9.17) is 5.26 Å². The SMILES string of the molecule is CC(=O)Nc1cc(SOOO)cc2cc(S(=O)(=O)O)c(/N=N/c3ccccc3)c(O)c12. The first-order valence-electron chi connectivity index (χ1n) is 8.41. The van der Waals surface area contributed by atoms with Crippen molar-refractivity contribution in [2.45, 2.75) is 16.7 Å². The predicted octanol–water partition coefficient (Wildman–Crippen LogP) is 4.59. The average Bonchev–Trinajstić information content (AvgIpc) is 2.70. The lowest BCUT2D eigenvalue weighted by Crippen LogP contribution is -2.07. The van der Waals surface area contributed by atoms with Crippen molar-refractivity contribution in [1.82, 2.24) is 0 Å². The Balaban J connectivity index is 2.30. The molecule has 0 atom stereocenters. The number of benzene rings is 3. The van der Waals surface area contributed by atoms with Gasteiger partial charge in [-0.15, -0.1) is 9.45 Å². The molecule has 0 saturated heterocycles. The van der Waals surface area contributed by atoms with Crippen LogP contribution in [0.15, 0.2) is 68.6 Å². The van der Waals surface area contributed by atoms with E-state index in [-0.39, 0.29) is 21.4 Å². The second kappa shape index (κ2) is 9.38. The van der Waals surface area contributed by atoms with Crippen LogP contribution in [-0.2, 0) is 24.3 Å². The third kappa shape index (κ3) is 5.35. The Morgan fingerprint density at radius 3 is 2.45 bits per heavy atom. The van der Waals surface area contributed by atoms with Crippen LogP contribution in [0.2, 0.25) is 0 Å². The van der Waals surface area contributed by atoms with Crippen molar-refractivity contribution in [3.05, 3.63) is 48.5 Å². The van der Waals surface area contributed by atoms with Crippen LogP contribution in [0.4, 0.5) is 17.1 Å². The number of rotatable bonds is 7. The molecule has 31 heavy (non-hydrogen) atoms. The number of amides is 1. The van der Waals surface area contributed by atoms with Crippen LogP contribution in [0.5, 0.6) is 5.75 Å². The van der Waals surface area contributed by atoms with Crippen molar-refractivity contribution in [3.8, 4) is 5.75 Å². The summed E-state index contributed by atoms with van der Waals surface area (Å²) in [6, 6.07) is 12.1. The molecule has 0 saturated carbocycles. The molecule has 0 aliphatic carbocycles. The van der Waals surface area contributed by atoms with E-state index in [9.17, 15) is 22.9 Å². The number of phenolic OH excluding ortho intramolecular Hbond substituents is 1. The van der Waals surface area contributed by atoms with E-state index in [0.717, 1.165) is 6.07 Å². The van der Waals surface area contributed by atoms with Crippen LogP contribution >= 0.6 is 12.0 Å². The van der Waals surface area contributed by atoms with Crippen molar-refractivity contribution in [3.63, 3.8) is 0 Å². The largest absolute Gasteiger partial charge is 0.505 e. The standard InChI is InChI=1S/C18H15N3O8S2/c1-10(22)19-14-9-13(30-29-28-24)7-11-8-15(31(25,26)27)17(18(23)16(11)14)21-20-12-5-3-2-4-6-12/h2-9,23-24H,1H3,(H,19,22)(H,25,26,27)/b21-20+. The maximum Gasteiger partial charge on any atom is 0.296 e. The van der Waals surface area contributed by atoms with Gasteiger partial charge in [0, 0.05) is 17.2 Å². The Morgan fingerprint density at radius 2 is 1.84 bits per heavy atom. The van der Waals surface area contributed by atoms with Gasteiger partial charge in [0.15, 0.2) is 5.75 Å².